The molecular formula is C16H20N2O2S. The quantitative estimate of drug-likeness (QED) is 0.889. The minimum Gasteiger partial charge on any atom is -0.303 e. The monoisotopic (exact) mass is 304 g/mol. The third kappa shape index (κ3) is 4.95. The van der Waals surface area contributed by atoms with Crippen LogP contribution in [0.1, 0.15) is 24.1 Å². The molecule has 0 fully saturated rings. The summed E-state index contributed by atoms with van der Waals surface area (Å²) in [6.45, 7) is 1.89. The van der Waals surface area contributed by atoms with Crippen LogP contribution in [-0.4, -0.2) is 31.5 Å². The molecule has 2 aromatic rings. The molecule has 1 aromatic carbocycles. The molecule has 2 unspecified atom stereocenters. The highest BCUT2D eigenvalue weighted by Gasteiger charge is 2.18. The van der Waals surface area contributed by atoms with E-state index in [0.29, 0.717) is 0 Å². The van der Waals surface area contributed by atoms with Crippen LogP contribution in [0, 0.1) is 0 Å². The molecule has 0 amide bonds. The maximum Gasteiger partial charge on any atom is 0.148 e. The van der Waals surface area contributed by atoms with Gasteiger partial charge in [-0.1, -0.05) is 30.3 Å². The lowest BCUT2D eigenvalue weighted by Gasteiger charge is -2.24. The van der Waals surface area contributed by atoms with Gasteiger partial charge in [-0.15, -0.1) is 0 Å². The number of benzene rings is 1. The molecule has 2 rings (SSSR count). The van der Waals surface area contributed by atoms with Gasteiger partial charge in [0, 0.05) is 24.7 Å². The SMILES string of the molecule is CC(CS(C)(=O)=O)NC(c1ccccc1)c1ccncc1. The van der Waals surface area contributed by atoms with E-state index >= 15 is 0 Å². The van der Waals surface area contributed by atoms with Crippen LogP contribution in [0.2, 0.25) is 0 Å². The predicted molar refractivity (Wildman–Crippen MR) is 84.8 cm³/mol. The molecule has 0 radical (unpaired) electrons. The standard InChI is InChI=1S/C16H20N2O2S/c1-13(12-21(2,19)20)18-16(14-6-4-3-5-7-14)15-8-10-17-11-9-15/h3-11,13,16,18H,12H2,1-2H3. The largest absolute Gasteiger partial charge is 0.303 e. The van der Waals surface area contributed by atoms with Gasteiger partial charge in [-0.25, -0.2) is 8.42 Å². The van der Waals surface area contributed by atoms with E-state index in [1.165, 1.54) is 6.26 Å². The Morgan fingerprint density at radius 2 is 1.62 bits per heavy atom. The lowest BCUT2D eigenvalue weighted by molar-refractivity contribution is 0.519. The summed E-state index contributed by atoms with van der Waals surface area (Å²) >= 11 is 0. The van der Waals surface area contributed by atoms with Crippen LogP contribution in [0.15, 0.2) is 54.9 Å². The Hall–Kier alpha value is -1.72. The van der Waals surface area contributed by atoms with Gasteiger partial charge >= 0.3 is 0 Å². The van der Waals surface area contributed by atoms with E-state index in [4.69, 9.17) is 0 Å². The maximum absolute atomic E-state index is 11.4. The van der Waals surface area contributed by atoms with Gasteiger partial charge < -0.3 is 5.32 Å². The number of hydrogen-bond donors (Lipinski definition) is 1. The Balaban J connectivity index is 2.25. The first kappa shape index (κ1) is 15.7. The highest BCUT2D eigenvalue weighted by atomic mass is 32.2. The second-order valence-corrected chi connectivity index (χ2v) is 7.47. The topological polar surface area (TPSA) is 59.1 Å². The van der Waals surface area contributed by atoms with E-state index in [9.17, 15) is 8.42 Å². The number of nitrogens with one attached hydrogen (secondary N) is 1. The fourth-order valence-corrected chi connectivity index (χ4v) is 3.38. The zero-order valence-electron chi connectivity index (χ0n) is 12.2. The summed E-state index contributed by atoms with van der Waals surface area (Å²) < 4.78 is 22.9. The van der Waals surface area contributed by atoms with Crippen molar-refractivity contribution >= 4 is 9.84 Å². The molecule has 0 saturated carbocycles. The summed E-state index contributed by atoms with van der Waals surface area (Å²) in [5.41, 5.74) is 2.17. The zero-order valence-corrected chi connectivity index (χ0v) is 13.0. The molecule has 1 aromatic heterocycles. The van der Waals surface area contributed by atoms with Gasteiger partial charge in [0.1, 0.15) is 9.84 Å². The Labute approximate surface area is 126 Å². The van der Waals surface area contributed by atoms with E-state index in [1.54, 1.807) is 12.4 Å². The minimum absolute atomic E-state index is 0.0500. The molecule has 5 heteroatoms. The van der Waals surface area contributed by atoms with Crippen LogP contribution >= 0.6 is 0 Å². The van der Waals surface area contributed by atoms with Gasteiger partial charge in [-0.05, 0) is 30.2 Å². The average Bonchev–Trinajstić information content (AvgIpc) is 2.45. The molecule has 1 N–H and O–H groups in total. The lowest BCUT2D eigenvalue weighted by atomic mass is 9.99. The van der Waals surface area contributed by atoms with Crippen molar-refractivity contribution in [2.45, 2.75) is 19.0 Å². The van der Waals surface area contributed by atoms with Crippen molar-refractivity contribution in [2.24, 2.45) is 0 Å². The molecule has 4 nitrogen and oxygen atoms in total. The Morgan fingerprint density at radius 3 is 2.19 bits per heavy atom. The van der Waals surface area contributed by atoms with E-state index in [2.05, 4.69) is 10.3 Å². The van der Waals surface area contributed by atoms with E-state index < -0.39 is 9.84 Å². The van der Waals surface area contributed by atoms with Gasteiger partial charge in [0.05, 0.1) is 11.8 Å². The van der Waals surface area contributed by atoms with Gasteiger partial charge in [-0.3, -0.25) is 4.98 Å². The van der Waals surface area contributed by atoms with Crippen molar-refractivity contribution in [3.05, 3.63) is 66.0 Å². The summed E-state index contributed by atoms with van der Waals surface area (Å²) in [6.07, 6.45) is 4.75. The first-order chi connectivity index (χ1) is 9.96. The predicted octanol–water partition coefficient (Wildman–Crippen LogP) is 2.19. The van der Waals surface area contributed by atoms with Crippen molar-refractivity contribution in [1.29, 1.82) is 0 Å². The number of nitrogens with zero attached hydrogens (tertiary/aromatic N) is 1. The molecular weight excluding hydrogens is 284 g/mol. The van der Waals surface area contributed by atoms with E-state index in [0.717, 1.165) is 11.1 Å². The summed E-state index contributed by atoms with van der Waals surface area (Å²) in [6, 6.07) is 13.7. The van der Waals surface area contributed by atoms with Crippen molar-refractivity contribution in [1.82, 2.24) is 10.3 Å². The summed E-state index contributed by atoms with van der Waals surface area (Å²) in [7, 11) is -3.01. The third-order valence-corrected chi connectivity index (χ3v) is 4.28. The van der Waals surface area contributed by atoms with E-state index in [-0.39, 0.29) is 17.8 Å². The molecule has 112 valence electrons. The number of rotatable bonds is 6. The molecule has 0 spiro atoms. The molecule has 1 heterocycles. The molecule has 0 bridgehead atoms. The lowest BCUT2D eigenvalue weighted by Crippen LogP contribution is -2.36. The van der Waals surface area contributed by atoms with Crippen molar-refractivity contribution < 1.29 is 8.42 Å². The van der Waals surface area contributed by atoms with E-state index in [1.807, 2.05) is 49.4 Å². The fourth-order valence-electron chi connectivity index (χ4n) is 2.37. The molecule has 21 heavy (non-hydrogen) atoms. The zero-order chi connectivity index (χ0) is 15.3. The first-order valence-corrected chi connectivity index (χ1v) is 8.90. The molecule has 0 aliphatic carbocycles. The molecule has 2 atom stereocenters. The molecule has 0 saturated heterocycles. The normalized spacial score (nSPS) is 14.6. The first-order valence-electron chi connectivity index (χ1n) is 6.84. The summed E-state index contributed by atoms with van der Waals surface area (Å²) in [5.74, 6) is 0.113. The van der Waals surface area contributed by atoms with Crippen molar-refractivity contribution in [3.63, 3.8) is 0 Å². The smallest absolute Gasteiger partial charge is 0.148 e. The van der Waals surface area contributed by atoms with Crippen molar-refractivity contribution in [2.75, 3.05) is 12.0 Å². The van der Waals surface area contributed by atoms with Crippen LogP contribution in [0.4, 0.5) is 0 Å². The number of sulfone groups is 1. The van der Waals surface area contributed by atoms with Crippen LogP contribution in [-0.2, 0) is 9.84 Å². The Kier molecular flexibility index (Phi) is 5.09. The van der Waals surface area contributed by atoms with Gasteiger partial charge in [0.15, 0.2) is 0 Å². The van der Waals surface area contributed by atoms with Crippen LogP contribution in [0.5, 0.6) is 0 Å². The number of hydrogen-bond acceptors (Lipinski definition) is 4. The summed E-state index contributed by atoms with van der Waals surface area (Å²) in [5, 5.41) is 3.40. The molecule has 0 aliphatic heterocycles. The van der Waals surface area contributed by atoms with Crippen LogP contribution in [0.25, 0.3) is 0 Å². The van der Waals surface area contributed by atoms with Gasteiger partial charge in [0.2, 0.25) is 0 Å². The Morgan fingerprint density at radius 1 is 1.05 bits per heavy atom. The maximum atomic E-state index is 11.4. The minimum atomic E-state index is -3.01. The second-order valence-electron chi connectivity index (χ2n) is 5.28. The van der Waals surface area contributed by atoms with Gasteiger partial charge in [0.25, 0.3) is 0 Å². The summed E-state index contributed by atoms with van der Waals surface area (Å²) in [4.78, 5) is 4.04. The van der Waals surface area contributed by atoms with Gasteiger partial charge in [-0.2, -0.15) is 0 Å². The average molecular weight is 304 g/mol. The highest BCUT2D eigenvalue weighted by molar-refractivity contribution is 7.90. The fraction of sp³-hybridized carbons (Fsp3) is 0.312. The van der Waals surface area contributed by atoms with Crippen molar-refractivity contribution in [3.8, 4) is 0 Å². The van der Waals surface area contributed by atoms with Crippen LogP contribution in [0.3, 0.4) is 0 Å². The third-order valence-electron chi connectivity index (χ3n) is 3.18. The van der Waals surface area contributed by atoms with Crippen LogP contribution < -0.4 is 5.32 Å². The number of aromatic nitrogens is 1. The highest BCUT2D eigenvalue weighted by Crippen LogP contribution is 2.22. The second kappa shape index (κ2) is 6.83. The molecule has 0 aliphatic rings. The Bertz CT molecular complexity index is 618. The number of pyridine rings is 1.